The third-order valence-electron chi connectivity index (χ3n) is 5.49. The van der Waals surface area contributed by atoms with E-state index < -0.39 is 0 Å². The van der Waals surface area contributed by atoms with Crippen molar-refractivity contribution in [1.29, 1.82) is 5.26 Å². The van der Waals surface area contributed by atoms with Gasteiger partial charge in [0.05, 0.1) is 18.2 Å². The van der Waals surface area contributed by atoms with Crippen molar-refractivity contribution in [1.82, 2.24) is 9.88 Å². The minimum absolute atomic E-state index is 0.678. The van der Waals surface area contributed by atoms with Gasteiger partial charge < -0.3 is 9.64 Å². The Kier molecular flexibility index (Phi) is 6.58. The highest BCUT2D eigenvalue weighted by atomic mass is 16.5. The molecule has 1 aliphatic heterocycles. The van der Waals surface area contributed by atoms with E-state index in [0.29, 0.717) is 5.56 Å². The molecule has 5 heteroatoms. The van der Waals surface area contributed by atoms with Crippen molar-refractivity contribution in [3.8, 4) is 22.9 Å². The minimum Gasteiger partial charge on any atom is -0.494 e. The predicted molar refractivity (Wildman–Crippen MR) is 120 cm³/mol. The van der Waals surface area contributed by atoms with Crippen molar-refractivity contribution in [2.75, 3.05) is 44.2 Å². The largest absolute Gasteiger partial charge is 0.494 e. The molecule has 5 nitrogen and oxygen atoms in total. The molecule has 0 N–H and O–H groups in total. The second-order valence-electron chi connectivity index (χ2n) is 7.45. The van der Waals surface area contributed by atoms with Gasteiger partial charge in [-0.1, -0.05) is 24.3 Å². The summed E-state index contributed by atoms with van der Waals surface area (Å²) < 4.78 is 5.93. The maximum atomic E-state index is 8.91. The van der Waals surface area contributed by atoms with Crippen LogP contribution in [0.15, 0.2) is 73.1 Å². The fraction of sp³-hybridized carbons (Fsp3) is 0.280. The van der Waals surface area contributed by atoms with Crippen LogP contribution in [0.1, 0.15) is 12.0 Å². The normalized spacial score (nSPS) is 14.3. The van der Waals surface area contributed by atoms with E-state index in [4.69, 9.17) is 10.00 Å². The van der Waals surface area contributed by atoms with Gasteiger partial charge in [0.15, 0.2) is 0 Å². The average Bonchev–Trinajstić information content (AvgIpc) is 2.83. The molecule has 0 aliphatic carbocycles. The van der Waals surface area contributed by atoms with E-state index >= 15 is 0 Å². The van der Waals surface area contributed by atoms with Crippen LogP contribution < -0.4 is 9.64 Å². The Morgan fingerprint density at radius 2 is 1.47 bits per heavy atom. The number of benzene rings is 2. The summed E-state index contributed by atoms with van der Waals surface area (Å²) in [5, 5.41) is 8.91. The summed E-state index contributed by atoms with van der Waals surface area (Å²) in [5.74, 6) is 0.898. The molecule has 0 radical (unpaired) electrons. The molecule has 3 aromatic rings. The van der Waals surface area contributed by atoms with Gasteiger partial charge in [-0.05, 0) is 53.9 Å². The average molecular weight is 399 g/mol. The van der Waals surface area contributed by atoms with Crippen LogP contribution in [0.2, 0.25) is 0 Å². The topological polar surface area (TPSA) is 52.4 Å². The lowest BCUT2D eigenvalue weighted by atomic mass is 10.0. The standard InChI is InChI=1S/C25H26N4O/c26-20-21-2-4-22(5-3-21)23-6-8-25(9-7-23)30-19-1-14-28-15-17-29(18-16-28)24-10-12-27-13-11-24/h2-13H,1,14-19H2. The van der Waals surface area contributed by atoms with Crippen LogP contribution in [0.5, 0.6) is 5.75 Å². The second kappa shape index (κ2) is 9.91. The summed E-state index contributed by atoms with van der Waals surface area (Å²) in [6.07, 6.45) is 4.73. The van der Waals surface area contributed by atoms with Crippen molar-refractivity contribution in [3.63, 3.8) is 0 Å². The van der Waals surface area contributed by atoms with Crippen LogP contribution in [-0.2, 0) is 0 Å². The number of nitrogens with zero attached hydrogens (tertiary/aromatic N) is 4. The molecule has 2 aromatic carbocycles. The molecule has 1 aromatic heterocycles. The molecular weight excluding hydrogens is 372 g/mol. The molecule has 2 heterocycles. The molecule has 0 amide bonds. The third kappa shape index (κ3) is 5.16. The number of anilines is 1. The third-order valence-corrected chi connectivity index (χ3v) is 5.49. The van der Waals surface area contributed by atoms with Gasteiger partial charge in [-0.25, -0.2) is 0 Å². The summed E-state index contributed by atoms with van der Waals surface area (Å²) in [6, 6.07) is 22.1. The predicted octanol–water partition coefficient (Wildman–Crippen LogP) is 4.21. The zero-order valence-corrected chi connectivity index (χ0v) is 17.1. The van der Waals surface area contributed by atoms with Gasteiger partial charge >= 0.3 is 0 Å². The van der Waals surface area contributed by atoms with Gasteiger partial charge in [-0.3, -0.25) is 9.88 Å². The second-order valence-corrected chi connectivity index (χ2v) is 7.45. The first-order valence-electron chi connectivity index (χ1n) is 10.4. The Balaban J connectivity index is 1.17. The molecule has 152 valence electrons. The number of rotatable bonds is 7. The molecule has 0 saturated carbocycles. The van der Waals surface area contributed by atoms with Crippen molar-refractivity contribution < 1.29 is 4.74 Å². The summed E-state index contributed by atoms with van der Waals surface area (Å²) in [4.78, 5) is 9.02. The minimum atomic E-state index is 0.678. The number of hydrogen-bond donors (Lipinski definition) is 0. The highest BCUT2D eigenvalue weighted by molar-refractivity contribution is 5.64. The number of hydrogen-bond acceptors (Lipinski definition) is 5. The van der Waals surface area contributed by atoms with Gasteiger partial charge in [0.25, 0.3) is 0 Å². The quantitative estimate of drug-likeness (QED) is 0.558. The van der Waals surface area contributed by atoms with E-state index in [2.05, 4.69) is 45.1 Å². The highest BCUT2D eigenvalue weighted by Crippen LogP contribution is 2.23. The van der Waals surface area contributed by atoms with Crippen LogP contribution in [-0.4, -0.2) is 49.2 Å². The highest BCUT2D eigenvalue weighted by Gasteiger charge is 2.16. The Morgan fingerprint density at radius 3 is 2.10 bits per heavy atom. The Labute approximate surface area is 178 Å². The van der Waals surface area contributed by atoms with Crippen LogP contribution >= 0.6 is 0 Å². The number of nitriles is 1. The van der Waals surface area contributed by atoms with Gasteiger partial charge in [-0.15, -0.1) is 0 Å². The van der Waals surface area contributed by atoms with Gasteiger partial charge in [0.2, 0.25) is 0 Å². The Morgan fingerprint density at radius 1 is 0.833 bits per heavy atom. The molecule has 0 atom stereocenters. The molecule has 0 unspecified atom stereocenters. The number of aromatic nitrogens is 1. The summed E-state index contributed by atoms with van der Waals surface area (Å²) in [5.41, 5.74) is 4.17. The maximum Gasteiger partial charge on any atom is 0.119 e. The molecular formula is C25H26N4O. The van der Waals surface area contributed by atoms with Crippen molar-refractivity contribution >= 4 is 5.69 Å². The Bertz CT molecular complexity index is 957. The van der Waals surface area contributed by atoms with E-state index in [1.54, 1.807) is 0 Å². The molecule has 0 bridgehead atoms. The fourth-order valence-electron chi connectivity index (χ4n) is 3.74. The molecule has 4 rings (SSSR count). The van der Waals surface area contributed by atoms with Gasteiger partial charge in [-0.2, -0.15) is 5.26 Å². The van der Waals surface area contributed by atoms with Crippen LogP contribution in [0, 0.1) is 11.3 Å². The maximum absolute atomic E-state index is 8.91. The summed E-state index contributed by atoms with van der Waals surface area (Å²) >= 11 is 0. The van der Waals surface area contributed by atoms with E-state index in [1.165, 1.54) is 5.69 Å². The fourth-order valence-corrected chi connectivity index (χ4v) is 3.74. The SMILES string of the molecule is N#Cc1ccc(-c2ccc(OCCCN3CCN(c4ccncc4)CC3)cc2)cc1. The molecule has 1 aliphatic rings. The smallest absolute Gasteiger partial charge is 0.119 e. The lowest BCUT2D eigenvalue weighted by molar-refractivity contribution is 0.225. The van der Waals surface area contributed by atoms with Crippen molar-refractivity contribution in [3.05, 3.63) is 78.6 Å². The molecule has 30 heavy (non-hydrogen) atoms. The van der Waals surface area contributed by atoms with E-state index in [1.807, 2.05) is 48.8 Å². The van der Waals surface area contributed by atoms with Crippen LogP contribution in [0.3, 0.4) is 0 Å². The molecule has 1 saturated heterocycles. The van der Waals surface area contributed by atoms with E-state index in [0.717, 1.165) is 62.6 Å². The van der Waals surface area contributed by atoms with E-state index in [9.17, 15) is 0 Å². The summed E-state index contributed by atoms with van der Waals surface area (Å²) in [7, 11) is 0. The summed E-state index contributed by atoms with van der Waals surface area (Å²) in [6.45, 7) is 6.07. The number of ether oxygens (including phenoxy) is 1. The van der Waals surface area contributed by atoms with Gasteiger partial charge in [0.1, 0.15) is 5.75 Å². The monoisotopic (exact) mass is 398 g/mol. The lowest BCUT2D eigenvalue weighted by Crippen LogP contribution is -2.46. The number of pyridine rings is 1. The number of piperazine rings is 1. The van der Waals surface area contributed by atoms with E-state index in [-0.39, 0.29) is 0 Å². The first kappa shape index (κ1) is 19.9. The van der Waals surface area contributed by atoms with Gasteiger partial charge in [0, 0.05) is 50.8 Å². The first-order chi connectivity index (χ1) is 14.8. The van der Waals surface area contributed by atoms with Crippen LogP contribution in [0.25, 0.3) is 11.1 Å². The van der Waals surface area contributed by atoms with Crippen molar-refractivity contribution in [2.24, 2.45) is 0 Å². The first-order valence-corrected chi connectivity index (χ1v) is 10.4. The van der Waals surface area contributed by atoms with Crippen molar-refractivity contribution in [2.45, 2.75) is 6.42 Å². The lowest BCUT2D eigenvalue weighted by Gasteiger charge is -2.36. The zero-order chi connectivity index (χ0) is 20.6. The Hall–Kier alpha value is -3.36. The van der Waals surface area contributed by atoms with Crippen LogP contribution in [0.4, 0.5) is 5.69 Å². The molecule has 0 spiro atoms. The zero-order valence-electron chi connectivity index (χ0n) is 17.1. The molecule has 1 fully saturated rings.